The molecule has 1 aromatic heterocycles. The molecule has 0 amide bonds. The summed E-state index contributed by atoms with van der Waals surface area (Å²) in [7, 11) is 1.73. The fourth-order valence-corrected chi connectivity index (χ4v) is 2.57. The highest BCUT2D eigenvalue weighted by Crippen LogP contribution is 2.22. The van der Waals surface area contributed by atoms with E-state index in [4.69, 9.17) is 28.6 Å². The van der Waals surface area contributed by atoms with Crippen molar-refractivity contribution in [2.75, 3.05) is 13.7 Å². The van der Waals surface area contributed by atoms with Crippen LogP contribution in [0.4, 0.5) is 0 Å². The van der Waals surface area contributed by atoms with Crippen molar-refractivity contribution in [1.29, 1.82) is 0 Å². The molecular formula is C13H17ClN2OS. The zero-order chi connectivity index (χ0) is 13.0. The van der Waals surface area contributed by atoms with Crippen LogP contribution >= 0.6 is 23.8 Å². The first kappa shape index (κ1) is 13.6. The largest absolute Gasteiger partial charge is 0.385 e. The van der Waals surface area contributed by atoms with Crippen LogP contribution in [-0.4, -0.2) is 23.3 Å². The molecule has 1 N–H and O–H groups in total. The topological polar surface area (TPSA) is 29.9 Å². The molecule has 1 aromatic carbocycles. The molecule has 0 saturated heterocycles. The number of fused-ring (bicyclic) bond motifs is 1. The Morgan fingerprint density at radius 2 is 2.17 bits per heavy atom. The van der Waals surface area contributed by atoms with E-state index in [1.165, 1.54) is 0 Å². The van der Waals surface area contributed by atoms with Crippen LogP contribution < -0.4 is 0 Å². The van der Waals surface area contributed by atoms with Gasteiger partial charge in [-0.2, -0.15) is 0 Å². The van der Waals surface area contributed by atoms with E-state index in [-0.39, 0.29) is 0 Å². The number of ether oxygens (including phenoxy) is 1. The Balaban J connectivity index is 2.11. The van der Waals surface area contributed by atoms with Crippen LogP contribution in [0.1, 0.15) is 19.3 Å². The van der Waals surface area contributed by atoms with Crippen molar-refractivity contribution in [3.8, 4) is 0 Å². The van der Waals surface area contributed by atoms with E-state index in [0.29, 0.717) is 0 Å². The van der Waals surface area contributed by atoms with Crippen molar-refractivity contribution in [2.24, 2.45) is 0 Å². The lowest BCUT2D eigenvalue weighted by Gasteiger charge is -2.04. The second kappa shape index (κ2) is 6.36. The second-order valence-electron chi connectivity index (χ2n) is 4.27. The summed E-state index contributed by atoms with van der Waals surface area (Å²) in [5.74, 6) is 0. The summed E-state index contributed by atoms with van der Waals surface area (Å²) in [4.78, 5) is 3.17. The van der Waals surface area contributed by atoms with Gasteiger partial charge in [-0.25, -0.2) is 0 Å². The van der Waals surface area contributed by atoms with Gasteiger partial charge in [0.1, 0.15) is 0 Å². The van der Waals surface area contributed by atoms with Gasteiger partial charge in [0.2, 0.25) is 0 Å². The first-order valence-corrected chi connectivity index (χ1v) is 6.88. The lowest BCUT2D eigenvalue weighted by Crippen LogP contribution is -1.98. The Hall–Kier alpha value is -0.840. The van der Waals surface area contributed by atoms with Crippen LogP contribution in [0.15, 0.2) is 18.2 Å². The third kappa shape index (κ3) is 2.94. The van der Waals surface area contributed by atoms with E-state index in [0.717, 1.165) is 53.2 Å². The standard InChI is InChI=1S/C13H17ClN2OS/c1-17-9-4-2-3-8-16-11-7-5-6-10(14)12(11)15-13(16)18/h5-7H,2-4,8-9H2,1H3,(H,15,18). The predicted octanol–water partition coefficient (Wildman–Crippen LogP) is 4.17. The van der Waals surface area contributed by atoms with Crippen molar-refractivity contribution in [3.05, 3.63) is 28.0 Å². The number of unbranched alkanes of at least 4 members (excludes halogenated alkanes) is 2. The Labute approximate surface area is 117 Å². The predicted molar refractivity (Wildman–Crippen MR) is 77.9 cm³/mol. The number of methoxy groups -OCH3 is 1. The average Bonchev–Trinajstić information content (AvgIpc) is 2.68. The smallest absolute Gasteiger partial charge is 0.178 e. The Morgan fingerprint density at radius 1 is 1.33 bits per heavy atom. The first-order chi connectivity index (χ1) is 8.74. The highest BCUT2D eigenvalue weighted by atomic mass is 35.5. The van der Waals surface area contributed by atoms with E-state index in [1.807, 2.05) is 18.2 Å². The second-order valence-corrected chi connectivity index (χ2v) is 5.06. The van der Waals surface area contributed by atoms with Crippen LogP contribution in [0.5, 0.6) is 0 Å². The number of aryl methyl sites for hydroxylation is 1. The summed E-state index contributed by atoms with van der Waals surface area (Å²) in [6, 6.07) is 5.87. The molecule has 0 bridgehead atoms. The third-order valence-corrected chi connectivity index (χ3v) is 3.63. The maximum atomic E-state index is 6.14. The minimum Gasteiger partial charge on any atom is -0.385 e. The number of hydrogen-bond acceptors (Lipinski definition) is 2. The zero-order valence-corrected chi connectivity index (χ0v) is 12.0. The minimum atomic E-state index is 0.719. The number of aromatic nitrogens is 2. The summed E-state index contributed by atoms with van der Waals surface area (Å²) in [6.45, 7) is 1.74. The molecule has 0 aliphatic carbocycles. The lowest BCUT2D eigenvalue weighted by molar-refractivity contribution is 0.191. The number of halogens is 1. The van der Waals surface area contributed by atoms with Gasteiger partial charge in [0.05, 0.1) is 16.1 Å². The van der Waals surface area contributed by atoms with E-state index in [9.17, 15) is 0 Å². The zero-order valence-electron chi connectivity index (χ0n) is 10.4. The third-order valence-electron chi connectivity index (χ3n) is 2.99. The average molecular weight is 285 g/mol. The summed E-state index contributed by atoms with van der Waals surface area (Å²) in [5.41, 5.74) is 2.01. The maximum absolute atomic E-state index is 6.14. The molecule has 0 fully saturated rings. The number of nitrogens with zero attached hydrogens (tertiary/aromatic N) is 1. The van der Waals surface area contributed by atoms with Gasteiger partial charge in [-0.05, 0) is 43.6 Å². The summed E-state index contributed by atoms with van der Waals surface area (Å²) in [6.07, 6.45) is 3.33. The highest BCUT2D eigenvalue weighted by molar-refractivity contribution is 7.71. The molecule has 0 aliphatic heterocycles. The van der Waals surface area contributed by atoms with Gasteiger partial charge in [-0.1, -0.05) is 17.7 Å². The van der Waals surface area contributed by atoms with Crippen molar-refractivity contribution >= 4 is 34.9 Å². The first-order valence-electron chi connectivity index (χ1n) is 6.10. The van der Waals surface area contributed by atoms with Gasteiger partial charge in [0, 0.05) is 20.3 Å². The molecule has 0 saturated carbocycles. The number of rotatable bonds is 6. The molecule has 2 aromatic rings. The number of H-pyrrole nitrogens is 1. The van der Waals surface area contributed by atoms with Crippen LogP contribution in [0.25, 0.3) is 11.0 Å². The van der Waals surface area contributed by atoms with Crippen LogP contribution in [0.3, 0.4) is 0 Å². The fourth-order valence-electron chi connectivity index (χ4n) is 2.06. The number of imidazole rings is 1. The quantitative estimate of drug-likeness (QED) is 0.637. The number of hydrogen-bond donors (Lipinski definition) is 1. The summed E-state index contributed by atoms with van der Waals surface area (Å²) in [5, 5.41) is 0.719. The summed E-state index contributed by atoms with van der Waals surface area (Å²) >= 11 is 11.5. The molecule has 18 heavy (non-hydrogen) atoms. The Morgan fingerprint density at radius 3 is 2.94 bits per heavy atom. The van der Waals surface area contributed by atoms with Gasteiger partial charge < -0.3 is 14.3 Å². The van der Waals surface area contributed by atoms with Gasteiger partial charge >= 0.3 is 0 Å². The van der Waals surface area contributed by atoms with Crippen molar-refractivity contribution in [1.82, 2.24) is 9.55 Å². The van der Waals surface area contributed by atoms with Crippen molar-refractivity contribution in [2.45, 2.75) is 25.8 Å². The molecule has 1 heterocycles. The van der Waals surface area contributed by atoms with Crippen LogP contribution in [0, 0.1) is 4.77 Å². The molecule has 5 heteroatoms. The molecule has 3 nitrogen and oxygen atoms in total. The Kier molecular flexibility index (Phi) is 4.80. The monoisotopic (exact) mass is 284 g/mol. The molecule has 98 valence electrons. The maximum Gasteiger partial charge on any atom is 0.178 e. The molecular weight excluding hydrogens is 268 g/mol. The highest BCUT2D eigenvalue weighted by Gasteiger charge is 2.06. The number of benzene rings is 1. The van der Waals surface area contributed by atoms with Crippen LogP contribution in [-0.2, 0) is 11.3 Å². The number of para-hydroxylation sites is 1. The van der Waals surface area contributed by atoms with Crippen LogP contribution in [0.2, 0.25) is 5.02 Å². The number of nitrogens with one attached hydrogen (secondary N) is 1. The van der Waals surface area contributed by atoms with Gasteiger partial charge in [0.25, 0.3) is 0 Å². The van der Waals surface area contributed by atoms with E-state index >= 15 is 0 Å². The fraction of sp³-hybridized carbons (Fsp3) is 0.462. The SMILES string of the molecule is COCCCCCn1c(=S)[nH]c2c(Cl)cccc21. The van der Waals surface area contributed by atoms with Gasteiger partial charge in [-0.3, -0.25) is 0 Å². The molecule has 0 aliphatic rings. The molecule has 2 rings (SSSR count). The van der Waals surface area contributed by atoms with Gasteiger partial charge in [0.15, 0.2) is 4.77 Å². The molecule has 0 radical (unpaired) electrons. The Bertz CT molecular complexity index is 576. The minimum absolute atomic E-state index is 0.719. The van der Waals surface area contributed by atoms with E-state index < -0.39 is 0 Å². The van der Waals surface area contributed by atoms with Gasteiger partial charge in [-0.15, -0.1) is 0 Å². The van der Waals surface area contributed by atoms with Crippen molar-refractivity contribution in [3.63, 3.8) is 0 Å². The van der Waals surface area contributed by atoms with E-state index in [2.05, 4.69) is 9.55 Å². The molecule has 0 spiro atoms. The molecule has 0 atom stereocenters. The molecule has 0 unspecified atom stereocenters. The van der Waals surface area contributed by atoms with Crippen molar-refractivity contribution < 1.29 is 4.74 Å². The normalized spacial score (nSPS) is 11.2. The summed E-state index contributed by atoms with van der Waals surface area (Å²) < 4.78 is 7.89. The number of aromatic amines is 1. The lowest BCUT2D eigenvalue weighted by atomic mass is 10.2. The van der Waals surface area contributed by atoms with E-state index in [1.54, 1.807) is 7.11 Å².